The van der Waals surface area contributed by atoms with Gasteiger partial charge in [-0.05, 0) is 30.5 Å². The number of carbonyl (C=O) groups excluding carboxylic acids is 1. The molecule has 0 saturated carbocycles. The van der Waals surface area contributed by atoms with Crippen molar-refractivity contribution in [1.82, 2.24) is 5.48 Å². The zero-order valence-electron chi connectivity index (χ0n) is 15.2. The minimum atomic E-state index is -3.72. The van der Waals surface area contributed by atoms with Crippen molar-refractivity contribution in [3.05, 3.63) is 71.3 Å². The fourth-order valence-electron chi connectivity index (χ4n) is 2.69. The van der Waals surface area contributed by atoms with Crippen molar-refractivity contribution in [3.63, 3.8) is 0 Å². The molecule has 27 heavy (non-hydrogen) atoms. The molecule has 0 bridgehead atoms. The maximum atomic E-state index is 12.3. The summed E-state index contributed by atoms with van der Waals surface area (Å²) >= 11 is 0. The lowest BCUT2D eigenvalue weighted by atomic mass is 9.91. The topological polar surface area (TPSA) is 113 Å². The summed E-state index contributed by atoms with van der Waals surface area (Å²) in [7, 11) is -3.72. The van der Waals surface area contributed by atoms with Gasteiger partial charge in [-0.3, -0.25) is 10.0 Å². The molecule has 8 heteroatoms. The molecule has 1 amide bonds. The third-order valence-corrected chi connectivity index (χ3v) is 4.97. The van der Waals surface area contributed by atoms with E-state index in [2.05, 4.69) is 0 Å². The molecule has 2 aromatic rings. The monoisotopic (exact) mass is 389 g/mol. The van der Waals surface area contributed by atoms with Gasteiger partial charge in [-0.15, -0.1) is 0 Å². The third kappa shape index (κ3) is 5.40. The van der Waals surface area contributed by atoms with Crippen molar-refractivity contribution in [2.75, 3.05) is 10.7 Å². The highest BCUT2D eigenvalue weighted by Gasteiger charge is 2.26. The summed E-state index contributed by atoms with van der Waals surface area (Å²) in [5.41, 5.74) is 4.04. The largest absolute Gasteiger partial charge is 0.289 e. The maximum absolute atomic E-state index is 12.3. The summed E-state index contributed by atoms with van der Waals surface area (Å²) in [5.74, 6) is 4.28. The van der Waals surface area contributed by atoms with Gasteiger partial charge >= 0.3 is 0 Å². The number of amides is 1. The van der Waals surface area contributed by atoms with Gasteiger partial charge in [0.15, 0.2) is 0 Å². The zero-order valence-corrected chi connectivity index (χ0v) is 16.0. The Bertz CT molecular complexity index is 927. The Balaban J connectivity index is 2.43. The second-order valence-corrected chi connectivity index (χ2v) is 8.06. The van der Waals surface area contributed by atoms with Crippen LogP contribution in [0.25, 0.3) is 6.08 Å². The number of nitrogens with two attached hydrogens (primary N) is 1. The van der Waals surface area contributed by atoms with E-state index >= 15 is 0 Å². The summed E-state index contributed by atoms with van der Waals surface area (Å²) < 4.78 is 24.4. The van der Waals surface area contributed by atoms with E-state index < -0.39 is 21.8 Å². The molecule has 0 spiro atoms. The second kappa shape index (κ2) is 8.81. The molecule has 0 aliphatic rings. The van der Waals surface area contributed by atoms with Gasteiger partial charge in [0.2, 0.25) is 10.0 Å². The summed E-state index contributed by atoms with van der Waals surface area (Å²) in [5, 5.41) is 9.15. The van der Waals surface area contributed by atoms with Crippen LogP contribution in [0.5, 0.6) is 0 Å². The third-order valence-electron chi connectivity index (χ3n) is 4.06. The van der Waals surface area contributed by atoms with E-state index in [-0.39, 0.29) is 12.1 Å². The number of anilines is 1. The van der Waals surface area contributed by atoms with Gasteiger partial charge in [0.1, 0.15) is 0 Å². The van der Waals surface area contributed by atoms with E-state index in [0.29, 0.717) is 9.98 Å². The molecule has 1 atom stereocenters. The highest BCUT2D eigenvalue weighted by Crippen LogP contribution is 2.31. The van der Waals surface area contributed by atoms with Crippen LogP contribution in [0.1, 0.15) is 29.0 Å². The van der Waals surface area contributed by atoms with Crippen molar-refractivity contribution < 1.29 is 18.4 Å². The fraction of sp³-hybridized carbons (Fsp3) is 0.211. The van der Waals surface area contributed by atoms with Gasteiger partial charge in [0, 0.05) is 0 Å². The average molecular weight is 389 g/mol. The summed E-state index contributed by atoms with van der Waals surface area (Å²) in [6.07, 6.45) is 4.87. The van der Waals surface area contributed by atoms with Crippen LogP contribution >= 0.6 is 0 Å². The van der Waals surface area contributed by atoms with Crippen molar-refractivity contribution in [3.8, 4) is 0 Å². The van der Waals surface area contributed by atoms with Crippen LogP contribution in [0.2, 0.25) is 0 Å². The van der Waals surface area contributed by atoms with Gasteiger partial charge in [0.25, 0.3) is 5.91 Å². The van der Waals surface area contributed by atoms with Crippen molar-refractivity contribution in [2.45, 2.75) is 19.3 Å². The molecule has 0 aliphatic carbocycles. The van der Waals surface area contributed by atoms with Gasteiger partial charge in [-0.1, -0.05) is 60.2 Å². The smallest absolute Gasteiger partial charge is 0.251 e. The molecule has 7 nitrogen and oxygen atoms in total. The Hall–Kier alpha value is -2.68. The Morgan fingerprint density at radius 3 is 2.52 bits per heavy atom. The van der Waals surface area contributed by atoms with Crippen LogP contribution in [-0.4, -0.2) is 25.8 Å². The predicted molar refractivity (Wildman–Crippen MR) is 105 cm³/mol. The molecule has 0 radical (unpaired) electrons. The highest BCUT2D eigenvalue weighted by atomic mass is 32.2. The Morgan fingerprint density at radius 1 is 1.26 bits per heavy atom. The van der Waals surface area contributed by atoms with Crippen LogP contribution in [0, 0.1) is 6.92 Å². The number of aryl methyl sites for hydroxylation is 1. The first-order valence-corrected chi connectivity index (χ1v) is 10.1. The number of hydrogen-bond donors (Lipinski definition) is 3. The van der Waals surface area contributed by atoms with Crippen LogP contribution in [0.3, 0.4) is 0 Å². The van der Waals surface area contributed by atoms with Crippen LogP contribution < -0.4 is 15.7 Å². The normalized spacial score (nSPS) is 12.7. The molecule has 0 fully saturated rings. The molecular formula is C19H23N3O4S. The van der Waals surface area contributed by atoms with E-state index in [0.717, 1.165) is 17.4 Å². The van der Waals surface area contributed by atoms with E-state index in [1.54, 1.807) is 29.8 Å². The van der Waals surface area contributed by atoms with Crippen LogP contribution in [-0.2, 0) is 14.8 Å². The molecule has 144 valence electrons. The second-order valence-electron chi connectivity index (χ2n) is 6.20. The van der Waals surface area contributed by atoms with Gasteiger partial charge in [-0.25, -0.2) is 24.2 Å². The van der Waals surface area contributed by atoms with Crippen molar-refractivity contribution in [2.24, 2.45) is 5.84 Å². The summed E-state index contributed by atoms with van der Waals surface area (Å²) in [6, 6.07) is 14.5. The lowest BCUT2D eigenvalue weighted by molar-refractivity contribution is -0.130. The molecule has 2 aromatic carbocycles. The molecule has 4 N–H and O–H groups in total. The molecule has 0 aliphatic heterocycles. The minimum Gasteiger partial charge on any atom is -0.289 e. The Morgan fingerprint density at radius 2 is 1.93 bits per heavy atom. The van der Waals surface area contributed by atoms with Gasteiger partial charge in [-0.2, -0.15) is 0 Å². The predicted octanol–water partition coefficient (Wildman–Crippen LogP) is 2.33. The summed E-state index contributed by atoms with van der Waals surface area (Å²) in [6.45, 7) is 1.82. The standard InChI is InChI=1S/C19H23N3O4S/c1-14-11-12-18(22(20)27(2,25)26)17(13-14)16(19(23)21-24)10-6-9-15-7-4-3-5-8-15/h3-9,11-13,16,24H,10,20H2,1-2H3,(H,21,23)/b9-6+/t16-/m0/s1. The first kappa shape index (κ1) is 20.6. The number of nitrogens with zero attached hydrogens (tertiary/aromatic N) is 1. The van der Waals surface area contributed by atoms with E-state index in [1.165, 1.54) is 0 Å². The molecule has 2 rings (SSSR count). The molecule has 0 heterocycles. The zero-order chi connectivity index (χ0) is 20.0. The first-order chi connectivity index (χ1) is 12.7. The van der Waals surface area contributed by atoms with Crippen LogP contribution in [0.15, 0.2) is 54.6 Å². The number of hydroxylamine groups is 1. The number of benzene rings is 2. The number of hydrazine groups is 1. The lowest BCUT2D eigenvalue weighted by Crippen LogP contribution is -2.38. The quantitative estimate of drug-likeness (QED) is 0.382. The van der Waals surface area contributed by atoms with Gasteiger partial charge in [0.05, 0.1) is 17.9 Å². The number of carbonyl (C=O) groups is 1. The average Bonchev–Trinajstić information content (AvgIpc) is 2.64. The van der Waals surface area contributed by atoms with E-state index in [1.807, 2.05) is 43.3 Å². The first-order valence-electron chi connectivity index (χ1n) is 8.25. The maximum Gasteiger partial charge on any atom is 0.251 e. The number of rotatable bonds is 7. The van der Waals surface area contributed by atoms with Crippen LogP contribution in [0.4, 0.5) is 5.69 Å². The Kier molecular flexibility index (Phi) is 6.73. The van der Waals surface area contributed by atoms with Crippen molar-refractivity contribution in [1.29, 1.82) is 0 Å². The van der Waals surface area contributed by atoms with E-state index in [9.17, 15) is 13.2 Å². The number of nitrogens with one attached hydrogen (secondary N) is 1. The minimum absolute atomic E-state index is 0.185. The molecule has 0 saturated heterocycles. The molecule has 0 unspecified atom stereocenters. The summed E-state index contributed by atoms with van der Waals surface area (Å²) in [4.78, 5) is 12.3. The fourth-order valence-corrected chi connectivity index (χ4v) is 3.21. The number of allylic oxidation sites excluding steroid dienone is 1. The molecule has 0 aromatic heterocycles. The number of sulfonamides is 1. The van der Waals surface area contributed by atoms with E-state index in [4.69, 9.17) is 11.0 Å². The molecular weight excluding hydrogens is 366 g/mol. The SMILES string of the molecule is Cc1ccc(N(N)S(C)(=O)=O)c([C@H](C/C=C/c2ccccc2)C(=O)NO)c1. The van der Waals surface area contributed by atoms with Gasteiger partial charge < -0.3 is 0 Å². The Labute approximate surface area is 159 Å². The highest BCUT2D eigenvalue weighted by molar-refractivity contribution is 7.92. The van der Waals surface area contributed by atoms with Crippen molar-refractivity contribution >= 4 is 27.7 Å². The lowest BCUT2D eigenvalue weighted by Gasteiger charge is -2.23. The number of hydrogen-bond acceptors (Lipinski definition) is 5.